The first-order valence-electron chi connectivity index (χ1n) is 13.2. The number of fused-ring (bicyclic) bond motifs is 7. The maximum atomic E-state index is 16.2. The Kier molecular flexibility index (Phi) is 5.04. The van der Waals surface area contributed by atoms with Crippen molar-refractivity contribution in [3.8, 4) is 17.1 Å². The topological polar surface area (TPSA) is 43.9 Å². The molecule has 4 aromatic heterocycles. The zero-order chi connectivity index (χ0) is 26.6. The van der Waals surface area contributed by atoms with Crippen molar-refractivity contribution in [2.24, 2.45) is 0 Å². The van der Waals surface area contributed by atoms with Gasteiger partial charge in [0, 0.05) is 34.1 Å². The third-order valence-corrected chi connectivity index (χ3v) is 7.60. The molecule has 0 radical (unpaired) electrons. The second kappa shape index (κ2) is 8.89. The molecule has 0 aliphatic carbocycles. The fourth-order valence-electron chi connectivity index (χ4n) is 5.79. The van der Waals surface area contributed by atoms with Gasteiger partial charge in [-0.15, -0.1) is 0 Å². The van der Waals surface area contributed by atoms with Gasteiger partial charge in [0.05, 0.1) is 22.1 Å². The minimum atomic E-state index is -1.31. The summed E-state index contributed by atoms with van der Waals surface area (Å²) in [6, 6.07) is 37.2. The lowest BCUT2D eigenvalue weighted by Crippen LogP contribution is -1.99. The summed E-state index contributed by atoms with van der Waals surface area (Å²) in [5, 5.41) is 4.17. The number of pyridine rings is 2. The lowest BCUT2D eigenvalue weighted by Gasteiger charge is -2.12. The second-order valence-electron chi connectivity index (χ2n) is 9.94. The normalized spacial score (nSPS) is 12.5. The summed E-state index contributed by atoms with van der Waals surface area (Å²) in [4.78, 5) is 9.14. The number of rotatable bonds is 4. The molecule has 4 heterocycles. The standard InChI is InChI=1S/C35H22FN3O/c36-34(23-9-7-8-22(20-23)28-11-3-5-18-37-28)24-14-15-25-26-16-17-31-33(27-10-1-2-12-30(27)40-31)35(26)39(29(25)21-24)32-13-4-6-19-38-32/h1-21,34H. The van der Waals surface area contributed by atoms with E-state index >= 15 is 4.39 Å². The number of hydrogen-bond donors (Lipinski definition) is 0. The molecule has 8 rings (SSSR count). The van der Waals surface area contributed by atoms with E-state index in [9.17, 15) is 0 Å². The van der Waals surface area contributed by atoms with E-state index in [4.69, 9.17) is 9.40 Å². The number of benzene rings is 4. The number of nitrogens with zero attached hydrogens (tertiary/aromatic N) is 3. The van der Waals surface area contributed by atoms with Crippen LogP contribution in [0, 0.1) is 0 Å². The highest BCUT2D eigenvalue weighted by molar-refractivity contribution is 6.24. The molecule has 0 saturated heterocycles. The minimum Gasteiger partial charge on any atom is -0.456 e. The molecule has 0 N–H and O–H groups in total. The zero-order valence-corrected chi connectivity index (χ0v) is 21.3. The van der Waals surface area contributed by atoms with Crippen molar-refractivity contribution in [1.82, 2.24) is 14.5 Å². The first kappa shape index (κ1) is 22.7. The number of alkyl halides is 1. The highest BCUT2D eigenvalue weighted by Crippen LogP contribution is 2.41. The molecular weight excluding hydrogens is 497 g/mol. The molecule has 0 saturated carbocycles. The highest BCUT2D eigenvalue weighted by Gasteiger charge is 2.21. The molecule has 5 heteroatoms. The third kappa shape index (κ3) is 3.45. The second-order valence-corrected chi connectivity index (χ2v) is 9.94. The van der Waals surface area contributed by atoms with Gasteiger partial charge in [-0.1, -0.05) is 60.7 Å². The molecule has 0 spiro atoms. The molecule has 40 heavy (non-hydrogen) atoms. The van der Waals surface area contributed by atoms with E-state index in [1.54, 1.807) is 12.4 Å². The maximum Gasteiger partial charge on any atom is 0.150 e. The van der Waals surface area contributed by atoms with Crippen molar-refractivity contribution in [2.45, 2.75) is 6.17 Å². The lowest BCUT2D eigenvalue weighted by atomic mass is 9.98. The van der Waals surface area contributed by atoms with Gasteiger partial charge in [-0.3, -0.25) is 9.55 Å². The Bertz CT molecular complexity index is 2180. The summed E-state index contributed by atoms with van der Waals surface area (Å²) in [7, 11) is 0. The van der Waals surface area contributed by atoms with E-state index in [1.807, 2.05) is 103 Å². The summed E-state index contributed by atoms with van der Waals surface area (Å²) in [5.74, 6) is 0.769. The molecular formula is C35H22FN3O. The van der Waals surface area contributed by atoms with E-state index in [-0.39, 0.29) is 0 Å². The van der Waals surface area contributed by atoms with Crippen LogP contribution in [-0.2, 0) is 0 Å². The summed E-state index contributed by atoms with van der Waals surface area (Å²) < 4.78 is 24.6. The van der Waals surface area contributed by atoms with Crippen LogP contribution in [0.25, 0.3) is 60.8 Å². The Balaban J connectivity index is 1.38. The summed E-state index contributed by atoms with van der Waals surface area (Å²) in [6.45, 7) is 0. The van der Waals surface area contributed by atoms with Crippen molar-refractivity contribution in [2.75, 3.05) is 0 Å². The van der Waals surface area contributed by atoms with Crippen LogP contribution in [0.5, 0.6) is 0 Å². The van der Waals surface area contributed by atoms with Crippen molar-refractivity contribution < 1.29 is 8.81 Å². The molecule has 190 valence electrons. The van der Waals surface area contributed by atoms with Gasteiger partial charge in [0.25, 0.3) is 0 Å². The third-order valence-electron chi connectivity index (χ3n) is 7.60. The van der Waals surface area contributed by atoms with Gasteiger partial charge in [-0.25, -0.2) is 9.37 Å². The number of furan rings is 1. The van der Waals surface area contributed by atoms with Crippen LogP contribution in [0.1, 0.15) is 17.3 Å². The maximum absolute atomic E-state index is 16.2. The van der Waals surface area contributed by atoms with Crippen LogP contribution in [0.3, 0.4) is 0 Å². The van der Waals surface area contributed by atoms with Gasteiger partial charge in [0.2, 0.25) is 0 Å². The molecule has 0 bridgehead atoms. The predicted molar refractivity (Wildman–Crippen MR) is 158 cm³/mol. The van der Waals surface area contributed by atoms with Crippen molar-refractivity contribution in [1.29, 1.82) is 0 Å². The van der Waals surface area contributed by atoms with Crippen LogP contribution in [0.2, 0.25) is 0 Å². The Morgan fingerprint density at radius 3 is 2.27 bits per heavy atom. The van der Waals surface area contributed by atoms with Crippen molar-refractivity contribution >= 4 is 43.7 Å². The molecule has 1 unspecified atom stereocenters. The summed E-state index contributed by atoms with van der Waals surface area (Å²) in [6.07, 6.45) is 2.23. The van der Waals surface area contributed by atoms with Crippen molar-refractivity contribution in [3.05, 3.63) is 139 Å². The molecule has 4 aromatic carbocycles. The Labute approximate surface area is 229 Å². The van der Waals surface area contributed by atoms with Crippen LogP contribution >= 0.6 is 0 Å². The van der Waals surface area contributed by atoms with Crippen LogP contribution in [-0.4, -0.2) is 14.5 Å². The van der Waals surface area contributed by atoms with Gasteiger partial charge in [0.15, 0.2) is 6.17 Å². The van der Waals surface area contributed by atoms with Gasteiger partial charge < -0.3 is 4.42 Å². The molecule has 0 fully saturated rings. The number of aromatic nitrogens is 3. The van der Waals surface area contributed by atoms with Gasteiger partial charge in [-0.2, -0.15) is 0 Å². The minimum absolute atomic E-state index is 0.582. The van der Waals surface area contributed by atoms with Gasteiger partial charge in [-0.05, 0) is 65.7 Å². The van der Waals surface area contributed by atoms with E-state index in [2.05, 4.69) is 21.7 Å². The number of hydrogen-bond acceptors (Lipinski definition) is 3. The quantitative estimate of drug-likeness (QED) is 0.233. The Hall–Kier alpha value is -5.29. The number of para-hydroxylation sites is 1. The monoisotopic (exact) mass is 519 g/mol. The summed E-state index contributed by atoms with van der Waals surface area (Å²) >= 11 is 0. The Morgan fingerprint density at radius 2 is 1.43 bits per heavy atom. The SMILES string of the molecule is FC(c1cccc(-c2ccccn2)c1)c1ccc2c3ccc4oc5ccccc5c4c3n(-c3ccccn3)c2c1. The molecule has 4 nitrogen and oxygen atoms in total. The zero-order valence-electron chi connectivity index (χ0n) is 21.3. The Morgan fingerprint density at radius 1 is 0.625 bits per heavy atom. The summed E-state index contributed by atoms with van der Waals surface area (Å²) in [5.41, 5.74) is 6.42. The molecule has 1 atom stereocenters. The first-order chi connectivity index (χ1) is 19.8. The fraction of sp³-hybridized carbons (Fsp3) is 0.0286. The van der Waals surface area contributed by atoms with Gasteiger partial charge >= 0.3 is 0 Å². The first-order valence-corrected chi connectivity index (χ1v) is 13.2. The van der Waals surface area contributed by atoms with Crippen molar-refractivity contribution in [3.63, 3.8) is 0 Å². The van der Waals surface area contributed by atoms with E-state index in [1.165, 1.54) is 0 Å². The van der Waals surface area contributed by atoms with E-state index < -0.39 is 6.17 Å². The van der Waals surface area contributed by atoms with Gasteiger partial charge in [0.1, 0.15) is 17.0 Å². The smallest absolute Gasteiger partial charge is 0.150 e. The average molecular weight is 520 g/mol. The molecule has 0 aliphatic rings. The largest absolute Gasteiger partial charge is 0.456 e. The highest BCUT2D eigenvalue weighted by atomic mass is 19.1. The van der Waals surface area contributed by atoms with Crippen LogP contribution in [0.4, 0.5) is 4.39 Å². The predicted octanol–water partition coefficient (Wildman–Crippen LogP) is 9.20. The number of halogens is 1. The van der Waals surface area contributed by atoms with Crippen LogP contribution in [0.15, 0.2) is 132 Å². The van der Waals surface area contributed by atoms with E-state index in [0.29, 0.717) is 11.1 Å². The lowest BCUT2D eigenvalue weighted by molar-refractivity contribution is 0.402. The fourth-order valence-corrected chi connectivity index (χ4v) is 5.79. The van der Waals surface area contributed by atoms with Crippen LogP contribution < -0.4 is 0 Å². The molecule has 0 aliphatic heterocycles. The molecule has 8 aromatic rings. The average Bonchev–Trinajstić information content (AvgIpc) is 3.57. The van der Waals surface area contributed by atoms with E-state index in [0.717, 1.165) is 60.8 Å². The molecule has 0 amide bonds.